The van der Waals surface area contributed by atoms with Gasteiger partial charge in [-0.25, -0.2) is 4.39 Å². The number of nitrogens with zero attached hydrogens (tertiary/aromatic N) is 2. The molecule has 1 heterocycles. The Labute approximate surface area is 100.0 Å². The van der Waals surface area contributed by atoms with E-state index in [-0.39, 0.29) is 5.82 Å². The van der Waals surface area contributed by atoms with Gasteiger partial charge in [0.05, 0.1) is 12.2 Å². The highest BCUT2D eigenvalue weighted by Gasteiger charge is 2.05. The number of hydrogen-bond donors (Lipinski definition) is 1. The van der Waals surface area contributed by atoms with Gasteiger partial charge in [0.2, 0.25) is 5.89 Å². The van der Waals surface area contributed by atoms with Gasteiger partial charge in [-0.15, -0.1) is 0 Å². The Kier molecular flexibility index (Phi) is 3.19. The molecule has 0 aliphatic heterocycles. The minimum Gasteiger partial charge on any atom is -0.375 e. The first-order valence-corrected chi connectivity index (χ1v) is 5.42. The number of anilines is 1. The van der Waals surface area contributed by atoms with Crippen molar-refractivity contribution in [1.29, 1.82) is 0 Å². The Morgan fingerprint density at radius 3 is 2.94 bits per heavy atom. The lowest BCUT2D eigenvalue weighted by atomic mass is 10.3. The number of nitrogens with one attached hydrogen (secondary N) is 1. The van der Waals surface area contributed by atoms with E-state index in [0.717, 1.165) is 0 Å². The van der Waals surface area contributed by atoms with Crippen LogP contribution < -0.4 is 5.32 Å². The maximum absolute atomic E-state index is 13.4. The van der Waals surface area contributed by atoms with Gasteiger partial charge in [0.15, 0.2) is 5.82 Å². The van der Waals surface area contributed by atoms with Crippen molar-refractivity contribution in [2.45, 2.75) is 13.5 Å². The maximum atomic E-state index is 13.4. The number of aromatic nitrogens is 2. The average molecular weight is 286 g/mol. The van der Waals surface area contributed by atoms with Crippen LogP contribution in [0.15, 0.2) is 27.2 Å². The van der Waals surface area contributed by atoms with E-state index in [0.29, 0.717) is 28.4 Å². The van der Waals surface area contributed by atoms with Crippen LogP contribution in [0.5, 0.6) is 0 Å². The molecule has 0 aliphatic rings. The van der Waals surface area contributed by atoms with E-state index in [1.54, 1.807) is 19.1 Å². The molecule has 2 aromatic rings. The maximum Gasteiger partial charge on any atom is 0.223 e. The quantitative estimate of drug-likeness (QED) is 0.942. The van der Waals surface area contributed by atoms with Crippen molar-refractivity contribution in [3.05, 3.63) is 40.2 Å². The van der Waals surface area contributed by atoms with E-state index < -0.39 is 0 Å². The largest absolute Gasteiger partial charge is 0.375 e. The van der Waals surface area contributed by atoms with E-state index in [1.165, 1.54) is 6.07 Å². The van der Waals surface area contributed by atoms with Crippen LogP contribution in [-0.4, -0.2) is 10.1 Å². The van der Waals surface area contributed by atoms with E-state index in [1.807, 2.05) is 0 Å². The summed E-state index contributed by atoms with van der Waals surface area (Å²) < 4.78 is 18.9. The molecular formula is C10H9BrFN3O. The second-order valence-electron chi connectivity index (χ2n) is 3.21. The van der Waals surface area contributed by atoms with Crippen LogP contribution in [0.1, 0.15) is 11.7 Å². The lowest BCUT2D eigenvalue weighted by Crippen LogP contribution is -2.02. The lowest BCUT2D eigenvalue weighted by Gasteiger charge is -2.04. The molecule has 84 valence electrons. The molecule has 2 rings (SSSR count). The molecule has 6 heteroatoms. The van der Waals surface area contributed by atoms with E-state index >= 15 is 0 Å². The summed E-state index contributed by atoms with van der Waals surface area (Å²) in [6.45, 7) is 2.03. The Bertz CT molecular complexity index is 501. The molecule has 0 spiro atoms. The molecule has 1 aromatic carbocycles. The van der Waals surface area contributed by atoms with Gasteiger partial charge < -0.3 is 9.84 Å². The van der Waals surface area contributed by atoms with Crippen LogP contribution in [0, 0.1) is 12.7 Å². The molecule has 0 bridgehead atoms. The summed E-state index contributed by atoms with van der Waals surface area (Å²) in [7, 11) is 0. The molecule has 0 amide bonds. The van der Waals surface area contributed by atoms with Crippen LogP contribution in [-0.2, 0) is 6.54 Å². The second-order valence-corrected chi connectivity index (χ2v) is 4.12. The van der Waals surface area contributed by atoms with Crippen molar-refractivity contribution in [2.24, 2.45) is 0 Å². The summed E-state index contributed by atoms with van der Waals surface area (Å²) in [5.74, 6) is 0.669. The Balaban J connectivity index is 2.04. The fourth-order valence-electron chi connectivity index (χ4n) is 1.22. The van der Waals surface area contributed by atoms with Gasteiger partial charge >= 0.3 is 0 Å². The van der Waals surface area contributed by atoms with Crippen LogP contribution in [0.3, 0.4) is 0 Å². The fourth-order valence-corrected chi connectivity index (χ4v) is 1.55. The SMILES string of the molecule is Cc1nc(CNc2ccc(Br)cc2F)no1. The third kappa shape index (κ3) is 2.57. The first-order chi connectivity index (χ1) is 7.65. The number of aryl methyl sites for hydroxylation is 1. The zero-order valence-electron chi connectivity index (χ0n) is 8.50. The van der Waals surface area contributed by atoms with E-state index in [9.17, 15) is 4.39 Å². The van der Waals surface area contributed by atoms with Gasteiger partial charge in [0.25, 0.3) is 0 Å². The van der Waals surface area contributed by atoms with Crippen molar-refractivity contribution < 1.29 is 8.91 Å². The lowest BCUT2D eigenvalue weighted by molar-refractivity contribution is 0.388. The topological polar surface area (TPSA) is 51.0 Å². The van der Waals surface area contributed by atoms with Crippen molar-refractivity contribution >= 4 is 21.6 Å². The number of hydrogen-bond acceptors (Lipinski definition) is 4. The molecule has 0 saturated heterocycles. The second kappa shape index (κ2) is 4.61. The zero-order chi connectivity index (χ0) is 11.5. The standard InChI is InChI=1S/C10H9BrFN3O/c1-6-14-10(15-16-6)5-13-9-3-2-7(11)4-8(9)12/h2-4,13H,5H2,1H3. The number of rotatable bonds is 3. The molecule has 0 unspecified atom stereocenters. The smallest absolute Gasteiger partial charge is 0.223 e. The molecule has 16 heavy (non-hydrogen) atoms. The van der Waals surface area contributed by atoms with Gasteiger partial charge in [-0.05, 0) is 18.2 Å². The molecule has 1 N–H and O–H groups in total. The Morgan fingerprint density at radius 2 is 2.31 bits per heavy atom. The van der Waals surface area contributed by atoms with Crippen molar-refractivity contribution in [3.8, 4) is 0 Å². The van der Waals surface area contributed by atoms with Gasteiger partial charge in [-0.2, -0.15) is 4.98 Å². The minimum absolute atomic E-state index is 0.324. The number of benzene rings is 1. The third-order valence-electron chi connectivity index (χ3n) is 1.94. The fraction of sp³-hybridized carbons (Fsp3) is 0.200. The molecule has 0 saturated carbocycles. The molecule has 0 aliphatic carbocycles. The summed E-state index contributed by atoms with van der Waals surface area (Å²) in [4.78, 5) is 4.00. The first kappa shape index (κ1) is 11.1. The van der Waals surface area contributed by atoms with Gasteiger partial charge in [-0.1, -0.05) is 21.1 Å². The third-order valence-corrected chi connectivity index (χ3v) is 2.43. The van der Waals surface area contributed by atoms with Crippen molar-refractivity contribution in [3.63, 3.8) is 0 Å². The normalized spacial score (nSPS) is 10.4. The van der Waals surface area contributed by atoms with Crippen molar-refractivity contribution in [1.82, 2.24) is 10.1 Å². The van der Waals surface area contributed by atoms with Gasteiger partial charge in [0, 0.05) is 11.4 Å². The van der Waals surface area contributed by atoms with E-state index in [2.05, 4.69) is 31.4 Å². The summed E-state index contributed by atoms with van der Waals surface area (Å²) in [5, 5.41) is 6.59. The Hall–Kier alpha value is -1.43. The highest BCUT2D eigenvalue weighted by Crippen LogP contribution is 2.19. The summed E-state index contributed by atoms with van der Waals surface area (Å²) in [6, 6.07) is 4.79. The van der Waals surface area contributed by atoms with Gasteiger partial charge in [0.1, 0.15) is 5.82 Å². The first-order valence-electron chi connectivity index (χ1n) is 4.63. The summed E-state index contributed by atoms with van der Waals surface area (Å²) >= 11 is 3.19. The highest BCUT2D eigenvalue weighted by atomic mass is 79.9. The van der Waals surface area contributed by atoms with Crippen LogP contribution in [0.25, 0.3) is 0 Å². The average Bonchev–Trinajstić information content (AvgIpc) is 2.63. The summed E-state index contributed by atoms with van der Waals surface area (Å²) in [6.07, 6.45) is 0. The molecule has 0 atom stereocenters. The van der Waals surface area contributed by atoms with Crippen LogP contribution in [0.4, 0.5) is 10.1 Å². The van der Waals surface area contributed by atoms with Gasteiger partial charge in [-0.3, -0.25) is 0 Å². The predicted molar refractivity (Wildman–Crippen MR) is 60.5 cm³/mol. The van der Waals surface area contributed by atoms with Crippen LogP contribution >= 0.6 is 15.9 Å². The minimum atomic E-state index is -0.324. The molecule has 0 radical (unpaired) electrons. The highest BCUT2D eigenvalue weighted by molar-refractivity contribution is 9.10. The van der Waals surface area contributed by atoms with E-state index in [4.69, 9.17) is 4.52 Å². The molecule has 0 fully saturated rings. The monoisotopic (exact) mass is 285 g/mol. The number of halogens is 2. The molecule has 4 nitrogen and oxygen atoms in total. The Morgan fingerprint density at radius 1 is 1.50 bits per heavy atom. The predicted octanol–water partition coefficient (Wildman–Crippen LogP) is 2.89. The zero-order valence-corrected chi connectivity index (χ0v) is 10.1. The van der Waals surface area contributed by atoms with Crippen molar-refractivity contribution in [2.75, 3.05) is 5.32 Å². The van der Waals surface area contributed by atoms with Crippen LogP contribution in [0.2, 0.25) is 0 Å². The molecule has 1 aromatic heterocycles. The molecular weight excluding hydrogens is 277 g/mol. The summed E-state index contributed by atoms with van der Waals surface area (Å²) in [5.41, 5.74) is 0.408.